The third kappa shape index (κ3) is 6.43. The molecule has 10 N–H and O–H groups in total. The van der Waals surface area contributed by atoms with E-state index in [0.717, 1.165) is 10.9 Å². The number of pyridine rings is 1. The number of rotatable bonds is 11. The highest BCUT2D eigenvalue weighted by Gasteiger charge is 2.50. The number of anilines is 1. The maximum absolute atomic E-state index is 12.4. The van der Waals surface area contributed by atoms with E-state index >= 15 is 0 Å². The minimum Gasteiger partial charge on any atom is -0.505 e. The highest BCUT2D eigenvalue weighted by Crippen LogP contribution is 2.60. The molecule has 44 heavy (non-hydrogen) atoms. The van der Waals surface area contributed by atoms with Crippen molar-refractivity contribution in [2.45, 2.75) is 36.7 Å². The number of aromatic nitrogens is 5. The summed E-state index contributed by atoms with van der Waals surface area (Å²) in [6.07, 6.45) is -4.28. The number of nitrogens with zero attached hydrogens (tertiary/aromatic N) is 5. The number of ether oxygens (including phenoxy) is 2. The number of nitrogen functional groups attached to an aromatic ring is 1. The molecule has 21 nitrogen and oxygen atoms in total. The summed E-state index contributed by atoms with van der Waals surface area (Å²) in [4.78, 5) is 43.2. The van der Waals surface area contributed by atoms with E-state index in [2.05, 4.69) is 28.3 Å². The molecule has 2 aliphatic rings. The van der Waals surface area contributed by atoms with Crippen LogP contribution in [0.3, 0.4) is 0 Å². The first-order chi connectivity index (χ1) is 20.7. The van der Waals surface area contributed by atoms with Crippen LogP contribution in [0.4, 0.5) is 5.82 Å². The number of nitrogens with two attached hydrogens (primary N) is 2. The number of aliphatic hydroxyl groups excluding tert-OH is 4. The number of hydrogen-bond acceptors (Lipinski definition) is 16. The molecule has 0 radical (unpaired) electrons. The Labute approximate surface area is 245 Å². The van der Waals surface area contributed by atoms with Crippen LogP contribution in [0.1, 0.15) is 16.6 Å². The fraction of sp³-hybridized carbons (Fsp3) is 0.381. The molecule has 5 heterocycles. The monoisotopic (exact) mass is 662 g/mol. The van der Waals surface area contributed by atoms with Crippen LogP contribution in [0.2, 0.25) is 0 Å². The lowest BCUT2D eigenvalue weighted by Crippen LogP contribution is -2.46. The zero-order valence-electron chi connectivity index (χ0n) is 22.1. The average molecular weight is 662 g/mol. The zero-order chi connectivity index (χ0) is 32.0. The predicted molar refractivity (Wildman–Crippen MR) is 140 cm³/mol. The highest BCUT2D eigenvalue weighted by atomic mass is 31.3. The number of aliphatic hydroxyl groups is 4. The van der Waals surface area contributed by atoms with E-state index < -0.39 is 77.3 Å². The van der Waals surface area contributed by atoms with Gasteiger partial charge in [0.1, 0.15) is 30.4 Å². The van der Waals surface area contributed by atoms with E-state index in [4.69, 9.17) is 20.9 Å². The van der Waals surface area contributed by atoms with Gasteiger partial charge < -0.3 is 51.2 Å². The Morgan fingerprint density at radius 3 is 2.43 bits per heavy atom. The molecular weight excluding hydrogens is 636 g/mol. The van der Waals surface area contributed by atoms with Crippen molar-refractivity contribution in [3.05, 3.63) is 48.5 Å². The number of amides is 1. The van der Waals surface area contributed by atoms with Gasteiger partial charge in [-0.3, -0.25) is 13.8 Å². The number of carbonyl (C=O) groups is 1. The van der Waals surface area contributed by atoms with Crippen molar-refractivity contribution < 1.29 is 71.5 Å². The zero-order valence-corrected chi connectivity index (χ0v) is 23.9. The smallest absolute Gasteiger partial charge is 0.481 e. The molecule has 8 atom stereocenters. The van der Waals surface area contributed by atoms with E-state index in [1.165, 1.54) is 35.4 Å². The summed E-state index contributed by atoms with van der Waals surface area (Å²) >= 11 is 0. The van der Waals surface area contributed by atoms with Crippen molar-refractivity contribution >= 4 is 44.4 Å². The number of imidazole rings is 1. The van der Waals surface area contributed by atoms with Gasteiger partial charge in [0.2, 0.25) is 5.88 Å². The highest BCUT2D eigenvalue weighted by molar-refractivity contribution is 7.61. The number of hydrogen-bond donors (Lipinski definition) is 8. The van der Waals surface area contributed by atoms with Crippen LogP contribution >= 0.6 is 15.6 Å². The lowest BCUT2D eigenvalue weighted by atomic mass is 10.1. The lowest BCUT2D eigenvalue weighted by molar-refractivity contribution is -0.765. The molecule has 0 aliphatic carbocycles. The van der Waals surface area contributed by atoms with Crippen molar-refractivity contribution in [2.24, 2.45) is 5.73 Å². The van der Waals surface area contributed by atoms with E-state index in [1.54, 1.807) is 0 Å². The van der Waals surface area contributed by atoms with Gasteiger partial charge in [0, 0.05) is 6.07 Å². The molecule has 23 heteroatoms. The van der Waals surface area contributed by atoms with E-state index in [-0.39, 0.29) is 28.4 Å². The minimum absolute atomic E-state index is 0.0279. The Kier molecular flexibility index (Phi) is 8.73. The minimum atomic E-state index is -5.39. The first kappa shape index (κ1) is 31.8. The van der Waals surface area contributed by atoms with Crippen LogP contribution < -0.4 is 16.0 Å². The molecule has 3 aromatic heterocycles. The maximum Gasteiger partial charge on any atom is 0.481 e. The number of fused-ring (bicyclic) bond motifs is 1. The lowest BCUT2D eigenvalue weighted by Gasteiger charge is -2.20. The molecule has 2 aliphatic heterocycles. The molecule has 0 aromatic carbocycles. The van der Waals surface area contributed by atoms with Gasteiger partial charge in [-0.1, -0.05) is 0 Å². The summed E-state index contributed by atoms with van der Waals surface area (Å²) in [5.41, 5.74) is 11.3. The van der Waals surface area contributed by atoms with Gasteiger partial charge in [0.05, 0.1) is 13.2 Å². The fourth-order valence-electron chi connectivity index (χ4n) is 4.30. The van der Waals surface area contributed by atoms with Crippen molar-refractivity contribution in [3.63, 3.8) is 0 Å². The molecular formula is C21H26N7O14P2+. The van der Waals surface area contributed by atoms with Crippen LogP contribution in [0.25, 0.3) is 17.0 Å². The summed E-state index contributed by atoms with van der Waals surface area (Å²) in [5.74, 6) is -1.81. The first-order valence-corrected chi connectivity index (χ1v) is 15.4. The molecule has 1 amide bonds. The van der Waals surface area contributed by atoms with Crippen molar-refractivity contribution in [3.8, 4) is 0 Å². The number of primary amides is 1. The van der Waals surface area contributed by atoms with Crippen LogP contribution in [0.15, 0.2) is 42.9 Å². The fourth-order valence-corrected chi connectivity index (χ4v) is 6.39. The molecule has 5 rings (SSSR count). The van der Waals surface area contributed by atoms with Gasteiger partial charge in [-0.15, -0.1) is 0 Å². The molecule has 1 fully saturated rings. The van der Waals surface area contributed by atoms with Crippen molar-refractivity contribution in [1.82, 2.24) is 19.5 Å². The molecule has 2 unspecified atom stereocenters. The molecule has 0 saturated carbocycles. The Balaban J connectivity index is 1.16. The van der Waals surface area contributed by atoms with E-state index in [9.17, 15) is 44.1 Å². The van der Waals surface area contributed by atoms with Gasteiger partial charge in [0.25, 0.3) is 12.1 Å². The van der Waals surface area contributed by atoms with Crippen LogP contribution in [-0.4, -0.2) is 99.4 Å². The predicted octanol–water partition coefficient (Wildman–Crippen LogP) is -2.19. The second-order valence-electron chi connectivity index (χ2n) is 9.40. The summed E-state index contributed by atoms with van der Waals surface area (Å²) in [6, 6.07) is 2.83. The van der Waals surface area contributed by atoms with Gasteiger partial charge in [0.15, 0.2) is 53.4 Å². The number of phosphoric acid groups is 2. The average Bonchev–Trinajstić information content (AvgIpc) is 3.61. The summed E-state index contributed by atoms with van der Waals surface area (Å²) in [5, 5.41) is 41.4. The molecule has 0 bridgehead atoms. The standard InChI is InChI=1S/C21H25N7O14P2/c22-17-12-19(25-7-24-17)28(8-26-12)21-16(32)14(30)11(41-21)6-39-44(36,37)42-43(34,35)38-5-10-13(29)15(31)20(40-10)27-3-1-2-9(4-27)18(23)33/h1-4,7-8,10-11,13-15,20,29-31H,5-6H2,(H6-,22,23,24,25,32,33,34,35,36,37)/p+1/t10-,11-,13-,14-,15-,20-/m1/s1. The van der Waals surface area contributed by atoms with Crippen LogP contribution in [0, 0.1) is 0 Å². The van der Waals surface area contributed by atoms with Crippen LogP contribution in [0.5, 0.6) is 0 Å². The van der Waals surface area contributed by atoms with Gasteiger partial charge in [-0.05, 0) is 6.07 Å². The Hall–Kier alpha value is -3.59. The number of phosphoric ester groups is 2. The summed E-state index contributed by atoms with van der Waals surface area (Å²) < 4.78 is 51.7. The summed E-state index contributed by atoms with van der Waals surface area (Å²) in [7, 11) is -10.8. The Morgan fingerprint density at radius 1 is 1.07 bits per heavy atom. The Morgan fingerprint density at radius 2 is 1.75 bits per heavy atom. The van der Waals surface area contributed by atoms with Crippen molar-refractivity contribution in [2.75, 3.05) is 18.9 Å². The maximum atomic E-state index is 12.4. The third-order valence-corrected chi connectivity index (χ3v) is 9.04. The number of carbonyl (C=O) groups excluding carboxylic acids is 1. The largest absolute Gasteiger partial charge is 0.505 e. The third-order valence-electron chi connectivity index (χ3n) is 6.44. The second-order valence-corrected chi connectivity index (χ2v) is 12.4. The van der Waals surface area contributed by atoms with Gasteiger partial charge >= 0.3 is 15.6 Å². The molecule has 3 aromatic rings. The van der Waals surface area contributed by atoms with E-state index in [0.29, 0.717) is 0 Å². The summed E-state index contributed by atoms with van der Waals surface area (Å²) in [6.45, 7) is -1.84. The molecule has 238 valence electrons. The molecule has 1 saturated heterocycles. The SMILES string of the molecule is NC(=O)c1ccc[n+]([C@@H]2O[C@H](COP(=O)(O)OP(=O)(O)OC[C@H]3OC(n4cnc5c(N)ncnc54)=C(O)[C@@H]3O)[C@@H](O)[C@H]2O)c1. The normalized spacial score (nSPS) is 28.1. The van der Waals surface area contributed by atoms with E-state index in [1.807, 2.05) is 0 Å². The Bertz CT molecular complexity index is 1700. The first-order valence-electron chi connectivity index (χ1n) is 12.4. The quantitative estimate of drug-likeness (QED) is 0.0798. The second kappa shape index (κ2) is 12.1. The van der Waals surface area contributed by atoms with Gasteiger partial charge in [-0.25, -0.2) is 28.6 Å². The van der Waals surface area contributed by atoms with Gasteiger partial charge in [-0.2, -0.15) is 8.88 Å². The van der Waals surface area contributed by atoms with Crippen molar-refractivity contribution in [1.29, 1.82) is 0 Å². The van der Waals surface area contributed by atoms with Crippen LogP contribution in [-0.2, 0) is 32.0 Å². The molecule has 0 spiro atoms. The topological polar surface area (TPSA) is 318 Å².